The van der Waals surface area contributed by atoms with Crippen molar-refractivity contribution in [2.45, 2.75) is 104 Å². The van der Waals surface area contributed by atoms with Crippen molar-refractivity contribution in [1.82, 2.24) is 84.6 Å². The number of nitrogens with one attached hydrogen (secondary N) is 3. The van der Waals surface area contributed by atoms with E-state index in [4.69, 9.17) is 15.0 Å². The summed E-state index contributed by atoms with van der Waals surface area (Å²) in [5.41, 5.74) is 33.9. The molecule has 6 aliphatic rings. The van der Waals surface area contributed by atoms with Gasteiger partial charge in [0.05, 0.1) is 100 Å². The number of aromatic nitrogens is 17. The lowest BCUT2D eigenvalue weighted by atomic mass is 9.77. The highest BCUT2D eigenvalue weighted by molar-refractivity contribution is 6.11. The quantitative estimate of drug-likeness (QED) is 0.0860. The number of nitrogens with zero attached hydrogens (tertiary/aromatic N) is 17. The molecule has 24 rings (SSSR count). The SMILES string of the molecule is Cc1cc(CC(=O)C2CCc3c(c(-c4ccc5c(c4)C=NC5)nc4ccc5[nH]ncc5c34)C2)ccc1-n1cnnc1.O=C(Cc1ccc(-n2ccnc2)cc1)C1CCc2c(c(-c3ccc4c(c3)C=NC4)nc3ccc4[nH]ncc4c23)C1.O=C(Cc1ccc(-n2cnnc2)cc1)C1CCc2c(c(-c3ccc4c(c3)C=NC4)nc3ccc4[nH]ncc4c23)C1. The van der Waals surface area contributed by atoms with Gasteiger partial charge in [-0.15, -0.1) is 20.4 Å². The number of imidazole rings is 1. The zero-order valence-electron chi connectivity index (χ0n) is 66.2. The van der Waals surface area contributed by atoms with Crippen molar-refractivity contribution in [3.8, 4) is 50.8 Å². The number of pyridine rings is 3. The van der Waals surface area contributed by atoms with E-state index in [0.717, 1.165) is 213 Å². The summed E-state index contributed by atoms with van der Waals surface area (Å²) in [5.74, 6) is 0.686. The molecule has 0 fully saturated rings. The van der Waals surface area contributed by atoms with Crippen LogP contribution in [0.15, 0.2) is 235 Å². The lowest BCUT2D eigenvalue weighted by molar-refractivity contribution is -0.123. The van der Waals surface area contributed by atoms with Gasteiger partial charge in [-0.2, -0.15) is 15.3 Å². The fraction of sp³-hybridized carbons (Fsp3) is 0.194. The molecule has 0 spiro atoms. The van der Waals surface area contributed by atoms with Crippen LogP contribution in [0.4, 0.5) is 0 Å². The monoisotopic (exact) mass is 1580 g/mol. The van der Waals surface area contributed by atoms with Crippen molar-refractivity contribution in [3.63, 3.8) is 0 Å². The van der Waals surface area contributed by atoms with Crippen LogP contribution in [-0.2, 0) is 91.8 Å². The van der Waals surface area contributed by atoms with Crippen LogP contribution in [0.3, 0.4) is 0 Å². The highest BCUT2D eigenvalue weighted by Gasteiger charge is 2.35. The second-order valence-electron chi connectivity index (χ2n) is 32.7. The summed E-state index contributed by atoms with van der Waals surface area (Å²) in [6.45, 7) is 4.25. The molecule has 0 saturated heterocycles. The van der Waals surface area contributed by atoms with Crippen LogP contribution in [0.5, 0.6) is 0 Å². The second-order valence-corrected chi connectivity index (χ2v) is 32.7. The number of carbonyl (C=O) groups is 3. The summed E-state index contributed by atoms with van der Waals surface area (Å²) >= 11 is 0. The zero-order chi connectivity index (χ0) is 80.8. The van der Waals surface area contributed by atoms with E-state index in [1.807, 2.05) is 124 Å². The Hall–Kier alpha value is -14.9. The molecule has 0 radical (unpaired) electrons. The maximum absolute atomic E-state index is 13.8. The van der Waals surface area contributed by atoms with Gasteiger partial charge in [0.15, 0.2) is 0 Å². The molecule has 0 amide bonds. The largest absolute Gasteiger partial charge is 0.306 e. The van der Waals surface area contributed by atoms with Gasteiger partial charge in [-0.1, -0.05) is 72.8 Å². The van der Waals surface area contributed by atoms with E-state index in [9.17, 15) is 14.4 Å². The molecule has 9 aromatic carbocycles. The van der Waals surface area contributed by atoms with E-state index in [1.165, 1.54) is 50.1 Å². The predicted octanol–water partition coefficient (Wildman–Crippen LogP) is 16.5. The Morgan fingerprint density at radius 3 is 1.16 bits per heavy atom. The highest BCUT2D eigenvalue weighted by Crippen LogP contribution is 2.45. The van der Waals surface area contributed by atoms with Crippen molar-refractivity contribution in [3.05, 3.63) is 309 Å². The van der Waals surface area contributed by atoms with E-state index in [0.29, 0.717) is 38.5 Å². The van der Waals surface area contributed by atoms with Crippen LogP contribution in [0, 0.1) is 24.7 Å². The van der Waals surface area contributed by atoms with Crippen molar-refractivity contribution < 1.29 is 14.4 Å². The maximum Gasteiger partial charge on any atom is 0.140 e. The number of Topliss-reactive ketones (excluding diaryl/α,β-unsaturated/α-hetero) is 3. The first-order chi connectivity index (χ1) is 59.5. The van der Waals surface area contributed by atoms with Crippen molar-refractivity contribution in [2.75, 3.05) is 0 Å². The fourth-order valence-corrected chi connectivity index (χ4v) is 19.3. The number of aryl methyl sites for hydroxylation is 4. The number of hydrogen-bond acceptors (Lipinski definition) is 17. The highest BCUT2D eigenvalue weighted by atomic mass is 16.1. The molecular formula is C98H78N20O3. The Bertz CT molecular complexity index is 7010. The van der Waals surface area contributed by atoms with Gasteiger partial charge in [-0.05, 0) is 239 Å². The molecule has 9 aromatic heterocycles. The van der Waals surface area contributed by atoms with Gasteiger partial charge in [0.2, 0.25) is 0 Å². The summed E-state index contributed by atoms with van der Waals surface area (Å²) in [5, 5.41) is 44.5. The second kappa shape index (κ2) is 30.2. The smallest absolute Gasteiger partial charge is 0.140 e. The molecule has 3 aliphatic carbocycles. The average Bonchev–Trinajstić information content (AvgIpc) is 1.58. The Labute approximate surface area is 693 Å². The van der Waals surface area contributed by atoms with Crippen LogP contribution in [0.1, 0.15) is 108 Å². The number of aromatic amines is 3. The van der Waals surface area contributed by atoms with E-state index in [1.54, 1.807) is 37.8 Å². The van der Waals surface area contributed by atoms with Crippen LogP contribution in [0.25, 0.3) is 116 Å². The number of H-pyrrole nitrogens is 3. The topological polar surface area (TPSA) is 292 Å². The van der Waals surface area contributed by atoms with Gasteiger partial charge >= 0.3 is 0 Å². The third-order valence-electron chi connectivity index (χ3n) is 25.5. The summed E-state index contributed by atoms with van der Waals surface area (Å²) in [6, 6.07) is 54.3. The third kappa shape index (κ3) is 13.5. The van der Waals surface area contributed by atoms with Gasteiger partial charge < -0.3 is 4.57 Å². The number of hydrogen-bond donors (Lipinski definition) is 3. The summed E-state index contributed by atoms with van der Waals surface area (Å²) in [6.07, 6.45) is 32.0. The average molecular weight is 1580 g/mol. The van der Waals surface area contributed by atoms with Crippen molar-refractivity contribution in [1.29, 1.82) is 0 Å². The Balaban J connectivity index is 0.000000109. The molecule has 0 bridgehead atoms. The molecule has 23 nitrogen and oxygen atoms in total. The Kier molecular flexibility index (Phi) is 18.1. The minimum absolute atomic E-state index is 0.0432. The molecule has 3 aliphatic heterocycles. The molecule has 23 heteroatoms. The van der Waals surface area contributed by atoms with Crippen molar-refractivity contribution in [2.24, 2.45) is 32.7 Å². The standard InChI is InChI=1S/C33H27N7O.C33H26N6O.C32H25N7O/c1-19-10-20(2-9-30(19)40-17-36-37-18-40)11-31(41)21-5-6-25-26(13-21)33(22-3-4-23-14-34-15-24(23)12-22)38-29-8-7-28-27(32(25)29)16-35-39-28;40-31(13-20-1-6-25(7-2-20)39-12-11-34-19-39)21-5-8-26-27(15-21)33(22-3-4-23-16-35-17-24(23)14-22)37-30-10-9-29-28(32(26)30)18-36-38-29;40-30(11-19-1-6-24(7-2-19)39-17-35-36-18-39)20-5-8-25-26(13-20)32(21-3-4-22-14-33-15-23(22)12-21)37-29-10-9-28-27(31(25)29)16-34-38-28/h2-4,7-10,12,15-18,21H,5-6,11,13-14H2,1H3,(H,35,39);1-4,6-7,9-12,14,17-19,21H,5,8,13,15-16H2,(H,36,38);1-4,6-7,9-10,12,15-18,20H,5,8,11,13-14H2,(H,34,38). The number of fused-ring (bicyclic) bond motifs is 18. The summed E-state index contributed by atoms with van der Waals surface area (Å²) in [4.78, 5) is 74.2. The zero-order valence-corrected chi connectivity index (χ0v) is 66.2. The number of aliphatic imine (C=N–C) groups is 3. The van der Waals surface area contributed by atoms with Gasteiger partial charge in [0.25, 0.3) is 0 Å². The minimum atomic E-state index is -0.0575. The molecule has 18 aromatic rings. The summed E-state index contributed by atoms with van der Waals surface area (Å²) in [7, 11) is 0. The molecule has 121 heavy (non-hydrogen) atoms. The number of rotatable bonds is 15. The lowest BCUT2D eigenvalue weighted by Gasteiger charge is -2.27. The first-order valence-corrected chi connectivity index (χ1v) is 41.3. The first kappa shape index (κ1) is 72.6. The Morgan fingerprint density at radius 2 is 0.769 bits per heavy atom. The predicted molar refractivity (Wildman–Crippen MR) is 468 cm³/mol. The number of ketones is 3. The fourth-order valence-electron chi connectivity index (χ4n) is 19.3. The first-order valence-electron chi connectivity index (χ1n) is 41.3. The van der Waals surface area contributed by atoms with Crippen LogP contribution < -0.4 is 0 Å². The molecular weight excluding hydrogens is 1510 g/mol. The van der Waals surface area contributed by atoms with Crippen LogP contribution in [-0.4, -0.2) is 121 Å². The molecule has 3 unspecified atom stereocenters. The van der Waals surface area contributed by atoms with Crippen LogP contribution in [0.2, 0.25) is 0 Å². The molecule has 3 N–H and O–H groups in total. The van der Waals surface area contributed by atoms with E-state index in [-0.39, 0.29) is 35.1 Å². The van der Waals surface area contributed by atoms with E-state index < -0.39 is 0 Å². The van der Waals surface area contributed by atoms with Crippen molar-refractivity contribution >= 4 is 101 Å². The van der Waals surface area contributed by atoms with Gasteiger partial charge in [0.1, 0.15) is 42.7 Å². The van der Waals surface area contributed by atoms with Gasteiger partial charge in [0, 0.05) is 128 Å². The normalized spacial score (nSPS) is 15.9. The molecule has 588 valence electrons. The van der Waals surface area contributed by atoms with Gasteiger partial charge in [-0.25, -0.2) is 19.9 Å². The van der Waals surface area contributed by atoms with Crippen LogP contribution >= 0.6 is 0 Å². The third-order valence-corrected chi connectivity index (χ3v) is 25.5. The minimum Gasteiger partial charge on any atom is -0.306 e. The Morgan fingerprint density at radius 1 is 0.388 bits per heavy atom. The molecule has 3 atom stereocenters. The van der Waals surface area contributed by atoms with E-state index >= 15 is 0 Å². The molecule has 0 saturated carbocycles. The summed E-state index contributed by atoms with van der Waals surface area (Å²) < 4.78 is 5.70. The van der Waals surface area contributed by atoms with E-state index in [2.05, 4.69) is 169 Å². The maximum atomic E-state index is 13.8. The van der Waals surface area contributed by atoms with Gasteiger partial charge in [-0.3, -0.25) is 53.8 Å². The number of carbonyl (C=O) groups excluding carboxylic acids is 3. The number of benzene rings is 9. The molecule has 12 heterocycles. The lowest BCUT2D eigenvalue weighted by Crippen LogP contribution is -2.25.